The molecule has 1 aliphatic rings. The minimum absolute atomic E-state index is 0.636. The Kier molecular flexibility index (Phi) is 3.30. The number of pyridine rings is 1. The summed E-state index contributed by atoms with van der Waals surface area (Å²) in [5.41, 5.74) is 2.29. The lowest BCUT2D eigenvalue weighted by molar-refractivity contribution is 0.684. The quantitative estimate of drug-likeness (QED) is 0.809. The number of aromatic nitrogens is 1. The lowest BCUT2D eigenvalue weighted by Crippen LogP contribution is -2.26. The molecule has 0 aromatic carbocycles. The van der Waals surface area contributed by atoms with Crippen molar-refractivity contribution in [1.82, 2.24) is 4.98 Å². The Morgan fingerprint density at radius 2 is 2.50 bits per heavy atom. The van der Waals surface area contributed by atoms with Crippen LogP contribution in [0.15, 0.2) is 18.3 Å². The first-order valence-corrected chi connectivity index (χ1v) is 6.27. The van der Waals surface area contributed by atoms with Crippen molar-refractivity contribution in [2.24, 2.45) is 0 Å². The second-order valence-electron chi connectivity index (χ2n) is 3.69. The number of rotatable bonds is 2. The molecule has 0 spiro atoms. The smallest absolute Gasteiger partial charge is 0.0603 e. The van der Waals surface area contributed by atoms with Gasteiger partial charge in [0, 0.05) is 18.0 Å². The van der Waals surface area contributed by atoms with Crippen LogP contribution in [-0.4, -0.2) is 22.5 Å². The van der Waals surface area contributed by atoms with Crippen LogP contribution in [0, 0.1) is 6.92 Å². The third kappa shape index (κ3) is 2.41. The van der Waals surface area contributed by atoms with E-state index in [0.29, 0.717) is 6.04 Å². The summed E-state index contributed by atoms with van der Waals surface area (Å²) >= 11 is 2.05. The van der Waals surface area contributed by atoms with Gasteiger partial charge in [-0.1, -0.05) is 0 Å². The number of nitrogens with zero attached hydrogens (tertiary/aromatic N) is 1. The van der Waals surface area contributed by atoms with Crippen molar-refractivity contribution in [3.8, 4) is 0 Å². The average molecular weight is 208 g/mol. The molecule has 14 heavy (non-hydrogen) atoms. The second-order valence-corrected chi connectivity index (χ2v) is 4.84. The Morgan fingerprint density at radius 3 is 3.21 bits per heavy atom. The van der Waals surface area contributed by atoms with Crippen LogP contribution in [0.4, 0.5) is 5.69 Å². The van der Waals surface area contributed by atoms with Crippen molar-refractivity contribution in [3.63, 3.8) is 0 Å². The van der Waals surface area contributed by atoms with Gasteiger partial charge in [-0.15, -0.1) is 0 Å². The molecule has 2 nitrogen and oxygen atoms in total. The minimum Gasteiger partial charge on any atom is -0.380 e. The topological polar surface area (TPSA) is 24.9 Å². The number of thioether (sulfide) groups is 1. The summed E-state index contributed by atoms with van der Waals surface area (Å²) < 4.78 is 0. The number of hydrogen-bond donors (Lipinski definition) is 1. The maximum Gasteiger partial charge on any atom is 0.0603 e. The van der Waals surface area contributed by atoms with E-state index in [9.17, 15) is 0 Å². The third-order valence-corrected chi connectivity index (χ3v) is 3.74. The second kappa shape index (κ2) is 4.69. The van der Waals surface area contributed by atoms with Gasteiger partial charge in [0.1, 0.15) is 0 Å². The van der Waals surface area contributed by atoms with Crippen LogP contribution < -0.4 is 5.32 Å². The zero-order valence-corrected chi connectivity index (χ0v) is 9.31. The molecule has 0 aliphatic carbocycles. The molecular weight excluding hydrogens is 192 g/mol. The molecular formula is C11H16N2S. The van der Waals surface area contributed by atoms with Gasteiger partial charge in [-0.3, -0.25) is 4.98 Å². The monoisotopic (exact) mass is 208 g/mol. The van der Waals surface area contributed by atoms with E-state index >= 15 is 0 Å². The molecule has 1 aromatic heterocycles. The fraction of sp³-hybridized carbons (Fsp3) is 0.545. The van der Waals surface area contributed by atoms with Crippen LogP contribution in [0.25, 0.3) is 0 Å². The molecule has 1 saturated heterocycles. The van der Waals surface area contributed by atoms with Crippen LogP contribution >= 0.6 is 11.8 Å². The van der Waals surface area contributed by atoms with E-state index in [0.717, 1.165) is 5.69 Å². The van der Waals surface area contributed by atoms with Crippen LogP contribution in [0.1, 0.15) is 18.5 Å². The lowest BCUT2D eigenvalue weighted by atomic mass is 10.1. The van der Waals surface area contributed by atoms with Gasteiger partial charge in [-0.2, -0.15) is 11.8 Å². The zero-order chi connectivity index (χ0) is 9.80. The number of nitrogens with one attached hydrogen (secondary N) is 1. The molecule has 2 rings (SSSR count). The molecule has 0 saturated carbocycles. The van der Waals surface area contributed by atoms with Crippen molar-refractivity contribution in [3.05, 3.63) is 24.0 Å². The summed E-state index contributed by atoms with van der Waals surface area (Å²) in [6.07, 6.45) is 4.47. The summed E-state index contributed by atoms with van der Waals surface area (Å²) in [7, 11) is 0. The summed E-state index contributed by atoms with van der Waals surface area (Å²) in [5.74, 6) is 2.55. The number of anilines is 1. The molecule has 0 unspecified atom stereocenters. The number of hydrogen-bond acceptors (Lipinski definition) is 3. The molecule has 1 aliphatic heterocycles. The van der Waals surface area contributed by atoms with Crippen LogP contribution in [0.2, 0.25) is 0 Å². The highest BCUT2D eigenvalue weighted by Crippen LogP contribution is 2.21. The normalized spacial score (nSPS) is 21.9. The van der Waals surface area contributed by atoms with Crippen molar-refractivity contribution >= 4 is 17.4 Å². The van der Waals surface area contributed by atoms with E-state index in [1.807, 2.05) is 24.0 Å². The van der Waals surface area contributed by atoms with Gasteiger partial charge in [0.2, 0.25) is 0 Å². The first-order chi connectivity index (χ1) is 6.86. The average Bonchev–Trinajstić information content (AvgIpc) is 2.23. The predicted molar refractivity (Wildman–Crippen MR) is 62.9 cm³/mol. The van der Waals surface area contributed by atoms with Gasteiger partial charge >= 0.3 is 0 Å². The van der Waals surface area contributed by atoms with Crippen molar-refractivity contribution < 1.29 is 0 Å². The molecule has 1 aromatic rings. The van der Waals surface area contributed by atoms with Gasteiger partial charge in [0.05, 0.1) is 11.4 Å². The van der Waals surface area contributed by atoms with Gasteiger partial charge in [0.25, 0.3) is 0 Å². The van der Waals surface area contributed by atoms with Crippen LogP contribution in [0.5, 0.6) is 0 Å². The van der Waals surface area contributed by atoms with Gasteiger partial charge < -0.3 is 5.32 Å². The number of aryl methyl sites for hydroxylation is 1. The maximum atomic E-state index is 4.28. The molecule has 0 bridgehead atoms. The van der Waals surface area contributed by atoms with Crippen molar-refractivity contribution in [2.45, 2.75) is 25.8 Å². The third-order valence-electron chi connectivity index (χ3n) is 2.53. The van der Waals surface area contributed by atoms with Gasteiger partial charge in [0.15, 0.2) is 0 Å². The first kappa shape index (κ1) is 9.84. The summed E-state index contributed by atoms with van der Waals surface area (Å²) in [4.78, 5) is 4.28. The largest absolute Gasteiger partial charge is 0.380 e. The molecule has 3 heteroatoms. The predicted octanol–water partition coefficient (Wildman–Crippen LogP) is 2.70. The highest BCUT2D eigenvalue weighted by Gasteiger charge is 2.13. The van der Waals surface area contributed by atoms with E-state index in [1.165, 1.54) is 30.0 Å². The highest BCUT2D eigenvalue weighted by atomic mass is 32.2. The Hall–Kier alpha value is -0.700. The van der Waals surface area contributed by atoms with E-state index in [1.54, 1.807) is 0 Å². The summed E-state index contributed by atoms with van der Waals surface area (Å²) in [6.45, 7) is 2.05. The minimum atomic E-state index is 0.636. The molecule has 2 heterocycles. The van der Waals surface area contributed by atoms with Crippen LogP contribution in [0.3, 0.4) is 0 Å². The molecule has 0 amide bonds. The Labute approximate surface area is 89.5 Å². The molecule has 1 N–H and O–H groups in total. The van der Waals surface area contributed by atoms with Gasteiger partial charge in [-0.05, 0) is 37.7 Å². The lowest BCUT2D eigenvalue weighted by Gasteiger charge is -2.24. The first-order valence-electron chi connectivity index (χ1n) is 5.12. The fourth-order valence-corrected chi connectivity index (χ4v) is 2.78. The highest BCUT2D eigenvalue weighted by molar-refractivity contribution is 7.99. The zero-order valence-electron chi connectivity index (χ0n) is 8.49. The standard InChI is InChI=1S/C11H16N2S/c1-9-11(5-2-6-12-9)13-10-4-3-7-14-8-10/h2,5-6,10,13H,3-4,7-8H2,1H3/t10-/m0/s1. The van der Waals surface area contributed by atoms with Crippen molar-refractivity contribution in [2.75, 3.05) is 16.8 Å². The Morgan fingerprint density at radius 1 is 1.57 bits per heavy atom. The Balaban J connectivity index is 1.99. The molecule has 76 valence electrons. The van der Waals surface area contributed by atoms with E-state index in [4.69, 9.17) is 0 Å². The van der Waals surface area contributed by atoms with E-state index in [-0.39, 0.29) is 0 Å². The van der Waals surface area contributed by atoms with E-state index < -0.39 is 0 Å². The van der Waals surface area contributed by atoms with Crippen LogP contribution in [-0.2, 0) is 0 Å². The summed E-state index contributed by atoms with van der Waals surface area (Å²) in [5, 5.41) is 3.57. The Bertz CT molecular complexity index is 295. The van der Waals surface area contributed by atoms with Crippen molar-refractivity contribution in [1.29, 1.82) is 0 Å². The maximum absolute atomic E-state index is 4.28. The summed E-state index contributed by atoms with van der Waals surface area (Å²) in [6, 6.07) is 4.74. The molecule has 1 atom stereocenters. The van der Waals surface area contributed by atoms with E-state index in [2.05, 4.69) is 23.3 Å². The fourth-order valence-electron chi connectivity index (χ4n) is 1.71. The SMILES string of the molecule is Cc1ncccc1N[C@H]1CCCSC1. The molecule has 1 fully saturated rings. The van der Waals surface area contributed by atoms with Gasteiger partial charge in [-0.25, -0.2) is 0 Å². The molecule has 0 radical (unpaired) electrons.